The van der Waals surface area contributed by atoms with E-state index in [1.807, 2.05) is 30.3 Å². The molecule has 0 saturated carbocycles. The van der Waals surface area contributed by atoms with Crippen molar-refractivity contribution in [1.82, 2.24) is 9.55 Å². The molecule has 6 heteroatoms. The number of fused-ring (bicyclic) bond motifs is 2. The number of aliphatic hydroxyl groups excluding tert-OH is 1. The maximum absolute atomic E-state index is 12.9. The minimum Gasteiger partial charge on any atom is -0.396 e. The van der Waals surface area contributed by atoms with Crippen LogP contribution in [0.2, 0.25) is 0 Å². The van der Waals surface area contributed by atoms with Crippen LogP contribution in [0.4, 0.5) is 0 Å². The molecule has 0 unspecified atom stereocenters. The number of benzene rings is 2. The Balaban J connectivity index is 1.58. The van der Waals surface area contributed by atoms with Gasteiger partial charge < -0.3 is 5.11 Å². The third-order valence-corrected chi connectivity index (χ3v) is 6.35. The van der Waals surface area contributed by atoms with Crippen LogP contribution in [0.25, 0.3) is 10.9 Å². The van der Waals surface area contributed by atoms with Gasteiger partial charge in [-0.25, -0.2) is 4.98 Å². The van der Waals surface area contributed by atoms with Gasteiger partial charge in [-0.15, -0.1) is 0 Å². The molecule has 29 heavy (non-hydrogen) atoms. The van der Waals surface area contributed by atoms with Gasteiger partial charge in [0.1, 0.15) is 0 Å². The van der Waals surface area contributed by atoms with Gasteiger partial charge in [-0.2, -0.15) is 0 Å². The molecular formula is C23H24N2O3S. The lowest BCUT2D eigenvalue weighted by molar-refractivity contribution is 0.102. The zero-order valence-electron chi connectivity index (χ0n) is 16.3. The second-order valence-corrected chi connectivity index (χ2v) is 8.29. The van der Waals surface area contributed by atoms with E-state index in [0.717, 1.165) is 18.4 Å². The Kier molecular flexibility index (Phi) is 6.11. The fourth-order valence-electron chi connectivity index (χ4n) is 3.80. The van der Waals surface area contributed by atoms with Crippen molar-refractivity contribution in [2.24, 2.45) is 0 Å². The van der Waals surface area contributed by atoms with Crippen LogP contribution in [0.15, 0.2) is 52.4 Å². The molecular weight excluding hydrogens is 384 g/mol. The van der Waals surface area contributed by atoms with Crippen LogP contribution in [-0.2, 0) is 19.4 Å². The summed E-state index contributed by atoms with van der Waals surface area (Å²) in [5.74, 6) is 0.266. The highest BCUT2D eigenvalue weighted by atomic mass is 32.2. The Labute approximate surface area is 173 Å². The molecule has 1 heterocycles. The molecule has 1 N–H and O–H groups in total. The van der Waals surface area contributed by atoms with E-state index in [2.05, 4.69) is 11.1 Å². The number of thioether (sulfide) groups is 1. The summed E-state index contributed by atoms with van der Waals surface area (Å²) in [7, 11) is 0. The summed E-state index contributed by atoms with van der Waals surface area (Å²) >= 11 is 1.29. The average Bonchev–Trinajstić information content (AvgIpc) is 2.76. The van der Waals surface area contributed by atoms with Crippen LogP contribution in [-0.4, -0.2) is 32.8 Å². The number of Topliss-reactive ketones (excluding diaryl/α,β-unsaturated/α-hetero) is 1. The van der Waals surface area contributed by atoms with Crippen LogP contribution in [0, 0.1) is 0 Å². The number of nitrogens with zero attached hydrogens (tertiary/aromatic N) is 2. The van der Waals surface area contributed by atoms with Crippen molar-refractivity contribution >= 4 is 28.4 Å². The first kappa shape index (κ1) is 19.9. The highest BCUT2D eigenvalue weighted by Gasteiger charge is 2.16. The van der Waals surface area contributed by atoms with Gasteiger partial charge in [0.25, 0.3) is 5.56 Å². The molecule has 3 aromatic rings. The zero-order valence-corrected chi connectivity index (χ0v) is 17.1. The molecule has 2 aromatic carbocycles. The van der Waals surface area contributed by atoms with Gasteiger partial charge in [-0.05, 0) is 61.4 Å². The highest BCUT2D eigenvalue weighted by Crippen LogP contribution is 2.24. The second-order valence-electron chi connectivity index (χ2n) is 7.35. The molecule has 5 nitrogen and oxygen atoms in total. The molecule has 0 radical (unpaired) electrons. The summed E-state index contributed by atoms with van der Waals surface area (Å²) in [4.78, 5) is 30.3. The molecule has 1 aliphatic rings. The van der Waals surface area contributed by atoms with E-state index in [9.17, 15) is 14.7 Å². The lowest BCUT2D eigenvalue weighted by Crippen LogP contribution is -2.24. The first-order chi connectivity index (χ1) is 14.2. The first-order valence-electron chi connectivity index (χ1n) is 10.1. The Bertz CT molecular complexity index is 1110. The largest absolute Gasteiger partial charge is 0.396 e. The molecule has 0 atom stereocenters. The van der Waals surface area contributed by atoms with E-state index in [0.29, 0.717) is 29.0 Å². The first-order valence-corrected chi connectivity index (χ1v) is 11.0. The van der Waals surface area contributed by atoms with Crippen molar-refractivity contribution in [3.63, 3.8) is 0 Å². The van der Waals surface area contributed by atoms with Crippen molar-refractivity contribution < 1.29 is 9.90 Å². The van der Waals surface area contributed by atoms with Crippen LogP contribution >= 0.6 is 11.8 Å². The van der Waals surface area contributed by atoms with Gasteiger partial charge in [0.05, 0.1) is 16.7 Å². The van der Waals surface area contributed by atoms with Crippen molar-refractivity contribution in [3.05, 3.63) is 69.5 Å². The molecule has 0 saturated heterocycles. The molecule has 0 spiro atoms. The third-order valence-electron chi connectivity index (χ3n) is 5.37. The zero-order chi connectivity index (χ0) is 20.2. The van der Waals surface area contributed by atoms with Crippen molar-refractivity contribution in [2.45, 2.75) is 43.8 Å². The SMILES string of the molecule is O=C(CSc1nc2ccccc2c(=O)n1CCCO)c1ccc2c(c1)CCCC2. The van der Waals surface area contributed by atoms with Crippen LogP contribution in [0.5, 0.6) is 0 Å². The van der Waals surface area contributed by atoms with Crippen LogP contribution in [0.1, 0.15) is 40.7 Å². The normalized spacial score (nSPS) is 13.4. The van der Waals surface area contributed by atoms with Crippen molar-refractivity contribution in [3.8, 4) is 0 Å². The number of aryl methyl sites for hydroxylation is 2. The van der Waals surface area contributed by atoms with E-state index >= 15 is 0 Å². The fraction of sp³-hybridized carbons (Fsp3) is 0.348. The number of rotatable bonds is 7. The number of aromatic nitrogens is 2. The van der Waals surface area contributed by atoms with Gasteiger partial charge in [-0.3, -0.25) is 14.2 Å². The second kappa shape index (κ2) is 8.93. The van der Waals surface area contributed by atoms with E-state index in [-0.39, 0.29) is 23.7 Å². The summed E-state index contributed by atoms with van der Waals surface area (Å²) < 4.78 is 1.57. The minimum absolute atomic E-state index is 0.00255. The predicted octanol–water partition coefficient (Wildman–Crippen LogP) is 3.63. The van der Waals surface area contributed by atoms with E-state index in [1.165, 1.54) is 35.7 Å². The fourth-order valence-corrected chi connectivity index (χ4v) is 4.72. The molecule has 0 aliphatic heterocycles. The number of ketones is 1. The Morgan fingerprint density at radius 2 is 1.90 bits per heavy atom. The number of carbonyl (C=O) groups excluding carboxylic acids is 1. The van der Waals surface area contributed by atoms with Gasteiger partial charge in [0, 0.05) is 18.7 Å². The summed E-state index contributed by atoms with van der Waals surface area (Å²) in [5.41, 5.74) is 3.86. The van der Waals surface area contributed by atoms with E-state index in [1.54, 1.807) is 10.6 Å². The Morgan fingerprint density at radius 1 is 1.10 bits per heavy atom. The smallest absolute Gasteiger partial charge is 0.262 e. The summed E-state index contributed by atoms with van der Waals surface area (Å²) in [6, 6.07) is 13.3. The molecule has 1 aromatic heterocycles. The summed E-state index contributed by atoms with van der Waals surface area (Å²) in [5, 5.41) is 10.3. The number of para-hydroxylation sites is 1. The van der Waals surface area contributed by atoms with Gasteiger partial charge >= 0.3 is 0 Å². The number of hydrogen-bond donors (Lipinski definition) is 1. The molecule has 0 bridgehead atoms. The number of hydrogen-bond acceptors (Lipinski definition) is 5. The van der Waals surface area contributed by atoms with E-state index in [4.69, 9.17) is 0 Å². The van der Waals surface area contributed by atoms with Crippen molar-refractivity contribution in [1.29, 1.82) is 0 Å². The molecule has 1 aliphatic carbocycles. The minimum atomic E-state index is -0.132. The highest BCUT2D eigenvalue weighted by molar-refractivity contribution is 7.99. The van der Waals surface area contributed by atoms with E-state index < -0.39 is 0 Å². The van der Waals surface area contributed by atoms with Gasteiger partial charge in [-0.1, -0.05) is 36.0 Å². The Hall–Kier alpha value is -2.44. The van der Waals surface area contributed by atoms with Crippen LogP contribution < -0.4 is 5.56 Å². The van der Waals surface area contributed by atoms with Crippen molar-refractivity contribution in [2.75, 3.05) is 12.4 Å². The standard InChI is InChI=1S/C23H24N2O3S/c26-13-5-12-25-22(28)19-8-3-4-9-20(19)24-23(25)29-15-21(27)18-11-10-16-6-1-2-7-17(16)14-18/h3-4,8-11,14,26H,1-2,5-7,12-13,15H2. The van der Waals surface area contributed by atoms with Gasteiger partial charge in [0.15, 0.2) is 10.9 Å². The Morgan fingerprint density at radius 3 is 2.72 bits per heavy atom. The molecule has 0 amide bonds. The van der Waals surface area contributed by atoms with Crippen LogP contribution in [0.3, 0.4) is 0 Å². The third kappa shape index (κ3) is 4.28. The quantitative estimate of drug-likeness (QED) is 0.367. The molecule has 4 rings (SSSR count). The predicted molar refractivity (Wildman–Crippen MR) is 116 cm³/mol. The molecule has 150 valence electrons. The maximum atomic E-state index is 12.9. The number of carbonyl (C=O) groups is 1. The topological polar surface area (TPSA) is 72.2 Å². The number of aliphatic hydroxyl groups is 1. The monoisotopic (exact) mass is 408 g/mol. The molecule has 0 fully saturated rings. The van der Waals surface area contributed by atoms with Gasteiger partial charge in [0.2, 0.25) is 0 Å². The maximum Gasteiger partial charge on any atom is 0.262 e. The lowest BCUT2D eigenvalue weighted by Gasteiger charge is -2.16. The lowest BCUT2D eigenvalue weighted by atomic mass is 9.90. The average molecular weight is 409 g/mol. The summed E-state index contributed by atoms with van der Waals surface area (Å²) in [6.07, 6.45) is 4.99. The summed E-state index contributed by atoms with van der Waals surface area (Å²) in [6.45, 7) is 0.375.